The van der Waals surface area contributed by atoms with E-state index < -0.39 is 10.4 Å². The number of hydrogen-bond donors (Lipinski definition) is 2. The summed E-state index contributed by atoms with van der Waals surface area (Å²) >= 11 is 0. The maximum Gasteiger partial charge on any atom is 0 e. The van der Waals surface area contributed by atoms with Gasteiger partial charge in [0.1, 0.15) is 0 Å². The first-order chi connectivity index (χ1) is 2.00. The van der Waals surface area contributed by atoms with Crippen molar-refractivity contribution in [1.82, 2.24) is 0 Å². The molecule has 7 heteroatoms. The van der Waals surface area contributed by atoms with Crippen LogP contribution in [0.25, 0.3) is 0 Å². The van der Waals surface area contributed by atoms with Crippen LogP contribution in [0, 0.1) is 0 Å². The molecule has 0 aromatic carbocycles. The average molecular weight is 183 g/mol. The maximum atomic E-state index is 8.74. The molecule has 0 aliphatic heterocycles. The Balaban J connectivity index is -0.0000000267. The van der Waals surface area contributed by atoms with Crippen LogP contribution in [-0.2, 0) is 10.4 Å². The molecule has 0 fully saturated rings. The van der Waals surface area contributed by atoms with Crippen molar-refractivity contribution in [3.63, 3.8) is 0 Å². The van der Waals surface area contributed by atoms with Crippen molar-refractivity contribution in [2.24, 2.45) is 0 Å². The Kier molecular flexibility index (Phi) is 15.1. The average Bonchev–Trinajstić information content (AvgIpc) is 0.722. The topological polar surface area (TPSA) is 74.6 Å². The number of hydrogen-bond acceptors (Lipinski definition) is 2. The van der Waals surface area contributed by atoms with Gasteiger partial charge in [0.25, 0.3) is 0 Å². The van der Waals surface area contributed by atoms with Gasteiger partial charge in [0, 0.05) is 1.43 Å². The largest absolute Gasteiger partial charge is 0 e. The summed E-state index contributed by atoms with van der Waals surface area (Å²) in [6.07, 6.45) is 0. The normalized spacial score (nSPS) is 8.29. The van der Waals surface area contributed by atoms with Crippen LogP contribution in [0.4, 0.5) is 0 Å². The summed E-state index contributed by atoms with van der Waals surface area (Å²) in [6, 6.07) is 0. The van der Waals surface area contributed by atoms with Crippen LogP contribution in [0.15, 0.2) is 0 Å². The molecule has 0 aliphatic rings. The molecule has 0 aromatic heterocycles. The maximum absolute atomic E-state index is 8.74. The Morgan fingerprint density at radius 3 is 1.14 bits per heavy atom. The predicted molar refractivity (Wildman–Crippen MR) is 32.4 cm³/mol. The smallest absolute Gasteiger partial charge is 0 e. The Labute approximate surface area is 103 Å². The molecule has 0 heterocycles. The first-order valence-electron chi connectivity index (χ1n) is 0.698. The molecular weight excluding hydrogens is 176 g/mol. The summed E-state index contributed by atoms with van der Waals surface area (Å²) in [5.74, 6) is 0. The van der Waals surface area contributed by atoms with E-state index in [0.29, 0.717) is 0 Å². The summed E-state index contributed by atoms with van der Waals surface area (Å²) in [7, 11) is -4.67. The van der Waals surface area contributed by atoms with Crippen LogP contribution in [0.1, 0.15) is 1.43 Å². The zero-order valence-electron chi connectivity index (χ0n) is 3.12. The fourth-order valence-corrected chi connectivity index (χ4v) is 0. The predicted octanol–water partition coefficient (Wildman–Crippen LogP) is -2.37. The van der Waals surface area contributed by atoms with E-state index in [4.69, 9.17) is 17.5 Å². The minimum Gasteiger partial charge on any atom is 0 e. The summed E-state index contributed by atoms with van der Waals surface area (Å²) in [5.41, 5.74) is 0. The van der Waals surface area contributed by atoms with E-state index in [-0.39, 0.29) is 76.9 Å². The Bertz CT molecular complexity index is 97.2. The molecule has 0 aliphatic carbocycles. The molecule has 0 rings (SSSR count). The standard InChI is InChI=1S/2Ca.H2O4S.5H/c;;1-5(2,3)4;;;;;/h;;(H2,1,2,3,4);;;;;. The van der Waals surface area contributed by atoms with Gasteiger partial charge in [0.15, 0.2) is 0 Å². The molecule has 41 valence electrons. The summed E-state index contributed by atoms with van der Waals surface area (Å²) in [5, 5.41) is 0. The zero-order valence-corrected chi connectivity index (χ0v) is 2.94. The van der Waals surface area contributed by atoms with E-state index >= 15 is 0 Å². The third kappa shape index (κ3) is 60.0. The monoisotopic (exact) mass is 183 g/mol. The third-order valence-electron chi connectivity index (χ3n) is 0. The molecule has 4 nitrogen and oxygen atoms in total. The second-order valence-corrected chi connectivity index (χ2v) is 1.34. The van der Waals surface area contributed by atoms with Gasteiger partial charge in [-0.2, -0.15) is 8.42 Å². The van der Waals surface area contributed by atoms with Gasteiger partial charge in [-0.05, 0) is 0 Å². The molecule has 0 bridgehead atoms. The molecule has 0 unspecified atom stereocenters. The Morgan fingerprint density at radius 1 is 1.14 bits per heavy atom. The van der Waals surface area contributed by atoms with E-state index in [1.54, 1.807) is 0 Å². The quantitative estimate of drug-likeness (QED) is 0.325. The van der Waals surface area contributed by atoms with E-state index in [1.807, 2.05) is 0 Å². The first-order valence-corrected chi connectivity index (χ1v) is 2.10. The molecule has 0 atom stereocenters. The molecule has 2 N–H and O–H groups in total. The third-order valence-corrected chi connectivity index (χ3v) is 0. The van der Waals surface area contributed by atoms with Gasteiger partial charge >= 0.3 is 85.9 Å². The molecular formula is H7Ca2O4S. The van der Waals surface area contributed by atoms with E-state index in [1.165, 1.54) is 0 Å². The van der Waals surface area contributed by atoms with Crippen LogP contribution < -0.4 is 0 Å². The van der Waals surface area contributed by atoms with Gasteiger partial charge in [-0.25, -0.2) is 0 Å². The second-order valence-electron chi connectivity index (χ2n) is 0.448. The summed E-state index contributed by atoms with van der Waals surface area (Å²) < 4.78 is 31.6. The molecule has 1 radical (unpaired) electrons. The van der Waals surface area contributed by atoms with Crippen LogP contribution >= 0.6 is 0 Å². The molecule has 0 aromatic rings. The zero-order chi connectivity index (χ0) is 4.50. The summed E-state index contributed by atoms with van der Waals surface area (Å²) in [6.45, 7) is 0. The van der Waals surface area contributed by atoms with Crippen LogP contribution in [-0.4, -0.2) is 93.0 Å². The second kappa shape index (κ2) is 6.51. The van der Waals surface area contributed by atoms with Gasteiger partial charge < -0.3 is 0 Å². The van der Waals surface area contributed by atoms with Gasteiger partial charge in [-0.1, -0.05) is 0 Å². The SMILES string of the molecule is O=S(=O)(O)O.[CaH2].[CaH2].[H]. The summed E-state index contributed by atoms with van der Waals surface area (Å²) in [4.78, 5) is 0. The van der Waals surface area contributed by atoms with Gasteiger partial charge in [-0.3, -0.25) is 9.11 Å². The van der Waals surface area contributed by atoms with Crippen molar-refractivity contribution in [1.29, 1.82) is 0 Å². The van der Waals surface area contributed by atoms with Crippen LogP contribution in [0.3, 0.4) is 0 Å². The van der Waals surface area contributed by atoms with Crippen LogP contribution in [0.2, 0.25) is 0 Å². The van der Waals surface area contributed by atoms with E-state index in [2.05, 4.69) is 0 Å². The Hall–Kier alpha value is 2.39. The Morgan fingerprint density at radius 2 is 1.14 bits per heavy atom. The number of rotatable bonds is 0. The van der Waals surface area contributed by atoms with Gasteiger partial charge in [-0.15, -0.1) is 0 Å². The van der Waals surface area contributed by atoms with E-state index in [9.17, 15) is 0 Å². The minimum absolute atomic E-state index is 0. The molecule has 0 saturated carbocycles. The van der Waals surface area contributed by atoms with Crippen LogP contribution in [0.5, 0.6) is 0 Å². The van der Waals surface area contributed by atoms with Crippen molar-refractivity contribution in [2.75, 3.05) is 0 Å². The van der Waals surface area contributed by atoms with Crippen molar-refractivity contribution in [2.45, 2.75) is 0 Å². The van der Waals surface area contributed by atoms with Crippen molar-refractivity contribution in [3.8, 4) is 0 Å². The molecule has 0 amide bonds. The van der Waals surface area contributed by atoms with Gasteiger partial charge in [0.2, 0.25) is 0 Å². The van der Waals surface area contributed by atoms with Crippen molar-refractivity contribution < 1.29 is 18.9 Å². The fraction of sp³-hybridized carbons (Fsp3) is 0. The van der Waals surface area contributed by atoms with Gasteiger partial charge in [0.05, 0.1) is 0 Å². The first kappa shape index (κ1) is 16.2. The van der Waals surface area contributed by atoms with Crippen molar-refractivity contribution in [3.05, 3.63) is 0 Å². The van der Waals surface area contributed by atoms with E-state index in [0.717, 1.165) is 0 Å². The van der Waals surface area contributed by atoms with Crippen molar-refractivity contribution >= 4 is 85.9 Å². The fourth-order valence-electron chi connectivity index (χ4n) is 0. The molecule has 0 spiro atoms. The molecule has 7 heavy (non-hydrogen) atoms. The minimum atomic E-state index is -4.67. The molecule has 0 saturated heterocycles.